The van der Waals surface area contributed by atoms with Gasteiger partial charge in [0.05, 0.1) is 10.5 Å². The number of nitrogens with one attached hydrogen (secondary N) is 1. The zero-order chi connectivity index (χ0) is 10.0. The van der Waals surface area contributed by atoms with Gasteiger partial charge in [0.2, 0.25) is 0 Å². The molecule has 0 saturated carbocycles. The number of hydrogen-bond acceptors (Lipinski definition) is 3. The highest BCUT2D eigenvalue weighted by molar-refractivity contribution is 6.00. The predicted octanol–water partition coefficient (Wildman–Crippen LogP) is 2.29. The van der Waals surface area contributed by atoms with Gasteiger partial charge in [-0.15, -0.1) is 0 Å². The summed E-state index contributed by atoms with van der Waals surface area (Å²) in [4.78, 5) is 10.1. The zero-order valence-corrected chi connectivity index (χ0v) is 7.50. The summed E-state index contributed by atoms with van der Waals surface area (Å²) in [6, 6.07) is 4.85. The van der Waals surface area contributed by atoms with Gasteiger partial charge in [0.25, 0.3) is 5.69 Å². The Kier molecular flexibility index (Phi) is 2.41. The fourth-order valence-electron chi connectivity index (χ4n) is 1.11. The van der Waals surface area contributed by atoms with E-state index in [-0.39, 0.29) is 11.4 Å². The highest BCUT2D eigenvalue weighted by Crippen LogP contribution is 2.20. The molecule has 0 aliphatic carbocycles. The minimum atomic E-state index is -0.458. The van der Waals surface area contributed by atoms with Crippen LogP contribution in [0.1, 0.15) is 18.1 Å². The zero-order valence-electron chi connectivity index (χ0n) is 7.50. The Hall–Kier alpha value is -1.71. The van der Waals surface area contributed by atoms with E-state index in [0.29, 0.717) is 5.56 Å². The highest BCUT2D eigenvalue weighted by Gasteiger charge is 2.14. The molecule has 0 aliphatic rings. The van der Waals surface area contributed by atoms with Crippen molar-refractivity contribution in [2.45, 2.75) is 13.8 Å². The summed E-state index contributed by atoms with van der Waals surface area (Å²) in [5, 5.41) is 17.9. The van der Waals surface area contributed by atoms with Crippen LogP contribution in [0.5, 0.6) is 0 Å². The molecule has 0 spiro atoms. The maximum absolute atomic E-state index is 10.6. The maximum atomic E-state index is 10.6. The number of aryl methyl sites for hydroxylation is 1. The number of hydrogen-bond donors (Lipinski definition) is 1. The van der Waals surface area contributed by atoms with Crippen LogP contribution in [0.4, 0.5) is 5.69 Å². The van der Waals surface area contributed by atoms with Crippen molar-refractivity contribution in [3.63, 3.8) is 0 Å². The summed E-state index contributed by atoms with van der Waals surface area (Å²) in [7, 11) is 0. The van der Waals surface area contributed by atoms with E-state index in [4.69, 9.17) is 5.41 Å². The van der Waals surface area contributed by atoms with Crippen molar-refractivity contribution >= 4 is 11.4 Å². The molecule has 0 aliphatic heterocycles. The lowest BCUT2D eigenvalue weighted by molar-refractivity contribution is -0.385. The lowest BCUT2D eigenvalue weighted by atomic mass is 10.1. The van der Waals surface area contributed by atoms with Gasteiger partial charge in [0.15, 0.2) is 0 Å². The van der Waals surface area contributed by atoms with Crippen molar-refractivity contribution in [3.8, 4) is 0 Å². The third kappa shape index (κ3) is 1.90. The third-order valence-electron chi connectivity index (χ3n) is 1.75. The lowest BCUT2D eigenvalue weighted by Gasteiger charge is -2.00. The van der Waals surface area contributed by atoms with Gasteiger partial charge in [-0.05, 0) is 25.5 Å². The number of benzene rings is 1. The van der Waals surface area contributed by atoms with E-state index in [1.165, 1.54) is 13.0 Å². The molecule has 0 amide bonds. The molecular weight excluding hydrogens is 168 g/mol. The average molecular weight is 178 g/mol. The molecule has 13 heavy (non-hydrogen) atoms. The summed E-state index contributed by atoms with van der Waals surface area (Å²) >= 11 is 0. The molecule has 0 radical (unpaired) electrons. The Bertz CT molecular complexity index is 372. The summed E-state index contributed by atoms with van der Waals surface area (Å²) in [5.74, 6) is 0. The summed E-state index contributed by atoms with van der Waals surface area (Å²) in [5.41, 5.74) is 1.44. The molecule has 1 aromatic rings. The second-order valence-corrected chi connectivity index (χ2v) is 2.90. The summed E-state index contributed by atoms with van der Waals surface area (Å²) < 4.78 is 0. The SMILES string of the molecule is CC(=N)c1ccc(C)cc1[N+](=O)[O-]. The fourth-order valence-corrected chi connectivity index (χ4v) is 1.11. The van der Waals surface area contributed by atoms with E-state index in [9.17, 15) is 10.1 Å². The van der Waals surface area contributed by atoms with Gasteiger partial charge < -0.3 is 5.41 Å². The highest BCUT2D eigenvalue weighted by atomic mass is 16.6. The Morgan fingerprint density at radius 2 is 2.15 bits per heavy atom. The van der Waals surface area contributed by atoms with Gasteiger partial charge in [-0.3, -0.25) is 10.1 Å². The van der Waals surface area contributed by atoms with E-state index in [1.54, 1.807) is 19.1 Å². The van der Waals surface area contributed by atoms with Crippen molar-refractivity contribution in [2.75, 3.05) is 0 Å². The standard InChI is InChI=1S/C9H10N2O2/c1-6-3-4-8(7(2)10)9(5-6)11(12)13/h3-5,10H,1-2H3. The number of rotatable bonds is 2. The first-order valence-corrected chi connectivity index (χ1v) is 3.83. The second-order valence-electron chi connectivity index (χ2n) is 2.90. The molecule has 1 rings (SSSR count). The average Bonchev–Trinajstić information content (AvgIpc) is 2.03. The minimum absolute atomic E-state index is 0.00694. The number of nitro groups is 1. The molecule has 0 bridgehead atoms. The molecular formula is C9H10N2O2. The Balaban J connectivity index is 3.35. The van der Waals surface area contributed by atoms with Crippen LogP contribution in [0, 0.1) is 22.4 Å². The van der Waals surface area contributed by atoms with Crippen LogP contribution in [0.15, 0.2) is 18.2 Å². The first-order chi connectivity index (χ1) is 6.02. The Morgan fingerprint density at radius 3 is 2.62 bits per heavy atom. The topological polar surface area (TPSA) is 67.0 Å². The van der Waals surface area contributed by atoms with Crippen LogP contribution in [0.3, 0.4) is 0 Å². The van der Waals surface area contributed by atoms with E-state index in [2.05, 4.69) is 0 Å². The van der Waals surface area contributed by atoms with Crippen LogP contribution in [0.25, 0.3) is 0 Å². The monoisotopic (exact) mass is 178 g/mol. The van der Waals surface area contributed by atoms with Crippen molar-refractivity contribution < 1.29 is 4.92 Å². The van der Waals surface area contributed by atoms with Crippen molar-refractivity contribution in [1.82, 2.24) is 0 Å². The molecule has 1 aromatic carbocycles. The molecule has 0 saturated heterocycles. The predicted molar refractivity (Wildman–Crippen MR) is 50.3 cm³/mol. The second kappa shape index (κ2) is 3.35. The normalized spacial score (nSPS) is 9.69. The van der Waals surface area contributed by atoms with Gasteiger partial charge in [-0.25, -0.2) is 0 Å². The van der Waals surface area contributed by atoms with Gasteiger partial charge in [-0.2, -0.15) is 0 Å². The first-order valence-electron chi connectivity index (χ1n) is 3.83. The van der Waals surface area contributed by atoms with Crippen molar-refractivity contribution in [2.24, 2.45) is 0 Å². The molecule has 0 fully saturated rings. The lowest BCUT2D eigenvalue weighted by Crippen LogP contribution is -2.00. The summed E-state index contributed by atoms with van der Waals surface area (Å²) in [6.45, 7) is 3.33. The minimum Gasteiger partial charge on any atom is -0.305 e. The van der Waals surface area contributed by atoms with E-state index in [1.807, 2.05) is 0 Å². The molecule has 1 N–H and O–H groups in total. The van der Waals surface area contributed by atoms with Crippen LogP contribution in [0.2, 0.25) is 0 Å². The molecule has 4 nitrogen and oxygen atoms in total. The van der Waals surface area contributed by atoms with Gasteiger partial charge in [-0.1, -0.05) is 6.07 Å². The van der Waals surface area contributed by atoms with E-state index in [0.717, 1.165) is 5.56 Å². The van der Waals surface area contributed by atoms with Crippen LogP contribution >= 0.6 is 0 Å². The van der Waals surface area contributed by atoms with E-state index < -0.39 is 4.92 Å². The number of nitro benzene ring substituents is 1. The smallest absolute Gasteiger partial charge is 0.278 e. The number of nitrogens with zero attached hydrogens (tertiary/aromatic N) is 1. The Labute approximate surface area is 75.9 Å². The molecule has 0 unspecified atom stereocenters. The molecule has 0 aromatic heterocycles. The van der Waals surface area contributed by atoms with Gasteiger partial charge in [0.1, 0.15) is 0 Å². The van der Waals surface area contributed by atoms with Crippen LogP contribution in [-0.4, -0.2) is 10.6 Å². The molecule has 0 atom stereocenters. The molecule has 68 valence electrons. The molecule has 4 heteroatoms. The van der Waals surface area contributed by atoms with Crippen LogP contribution in [-0.2, 0) is 0 Å². The Morgan fingerprint density at radius 1 is 1.54 bits per heavy atom. The fraction of sp³-hybridized carbons (Fsp3) is 0.222. The third-order valence-corrected chi connectivity index (χ3v) is 1.75. The quantitative estimate of drug-likeness (QED) is 0.429. The van der Waals surface area contributed by atoms with Crippen molar-refractivity contribution in [1.29, 1.82) is 5.41 Å². The molecule has 0 heterocycles. The maximum Gasteiger partial charge on any atom is 0.278 e. The van der Waals surface area contributed by atoms with Crippen LogP contribution < -0.4 is 0 Å². The first kappa shape index (κ1) is 9.38. The largest absolute Gasteiger partial charge is 0.305 e. The van der Waals surface area contributed by atoms with Gasteiger partial charge in [0, 0.05) is 11.8 Å². The van der Waals surface area contributed by atoms with E-state index >= 15 is 0 Å². The van der Waals surface area contributed by atoms with Gasteiger partial charge >= 0.3 is 0 Å². The van der Waals surface area contributed by atoms with Crippen molar-refractivity contribution in [3.05, 3.63) is 39.4 Å². The summed E-state index contributed by atoms with van der Waals surface area (Å²) in [6.07, 6.45) is 0.